The molecule has 1 amide bonds. The van der Waals surface area contributed by atoms with E-state index >= 15 is 0 Å². The number of rotatable bonds is 3. The van der Waals surface area contributed by atoms with Gasteiger partial charge in [0, 0.05) is 13.1 Å². The molecule has 2 atom stereocenters. The maximum atomic E-state index is 11.7. The van der Waals surface area contributed by atoms with Crippen molar-refractivity contribution in [3.05, 3.63) is 0 Å². The smallest absolute Gasteiger partial charge is 0.235 e. The summed E-state index contributed by atoms with van der Waals surface area (Å²) < 4.78 is 0. The molecule has 1 aliphatic heterocycles. The molecular weight excluding hydrogens is 196 g/mol. The third kappa shape index (κ3) is 3.17. The van der Waals surface area contributed by atoms with Crippen molar-refractivity contribution in [3.63, 3.8) is 0 Å². The first-order valence-corrected chi connectivity index (χ1v) is 5.78. The molecule has 0 spiro atoms. The Morgan fingerprint density at radius 2 is 2.43 bits per heavy atom. The molecule has 1 aliphatic rings. The fraction of sp³-hybridized carbons (Fsp3) is 0.900. The number of amides is 1. The molecule has 4 heteroatoms. The van der Waals surface area contributed by atoms with E-state index in [0.29, 0.717) is 5.92 Å². The SMILES string of the molecule is CNCC1CCCN(C(=O)C(C)S)C1. The van der Waals surface area contributed by atoms with Crippen molar-refractivity contribution in [3.8, 4) is 0 Å². The average Bonchev–Trinajstić information content (AvgIpc) is 2.17. The third-order valence-corrected chi connectivity index (χ3v) is 2.90. The van der Waals surface area contributed by atoms with Gasteiger partial charge in [0.2, 0.25) is 5.91 Å². The predicted octanol–water partition coefficient (Wildman–Crippen LogP) is 0.763. The summed E-state index contributed by atoms with van der Waals surface area (Å²) in [6.07, 6.45) is 2.35. The summed E-state index contributed by atoms with van der Waals surface area (Å²) >= 11 is 4.18. The van der Waals surface area contributed by atoms with Crippen LogP contribution in [0.25, 0.3) is 0 Å². The zero-order chi connectivity index (χ0) is 10.6. The van der Waals surface area contributed by atoms with E-state index in [0.717, 1.165) is 26.1 Å². The normalized spacial score (nSPS) is 24.8. The molecule has 1 fully saturated rings. The van der Waals surface area contributed by atoms with Gasteiger partial charge < -0.3 is 10.2 Å². The van der Waals surface area contributed by atoms with Crippen molar-refractivity contribution in [1.82, 2.24) is 10.2 Å². The highest BCUT2D eigenvalue weighted by Crippen LogP contribution is 2.17. The van der Waals surface area contributed by atoms with E-state index in [1.807, 2.05) is 18.9 Å². The highest BCUT2D eigenvalue weighted by atomic mass is 32.1. The van der Waals surface area contributed by atoms with Crippen LogP contribution in [0, 0.1) is 5.92 Å². The van der Waals surface area contributed by atoms with Crippen molar-refractivity contribution in [2.75, 3.05) is 26.7 Å². The van der Waals surface area contributed by atoms with Crippen LogP contribution in [0.15, 0.2) is 0 Å². The minimum Gasteiger partial charge on any atom is -0.341 e. The van der Waals surface area contributed by atoms with E-state index in [9.17, 15) is 4.79 Å². The molecule has 0 aromatic rings. The van der Waals surface area contributed by atoms with Gasteiger partial charge in [0.15, 0.2) is 0 Å². The molecule has 1 saturated heterocycles. The van der Waals surface area contributed by atoms with Crippen LogP contribution in [0.1, 0.15) is 19.8 Å². The van der Waals surface area contributed by atoms with E-state index in [4.69, 9.17) is 0 Å². The Balaban J connectivity index is 2.43. The molecule has 0 aliphatic carbocycles. The van der Waals surface area contributed by atoms with E-state index in [-0.39, 0.29) is 11.2 Å². The Morgan fingerprint density at radius 3 is 3.00 bits per heavy atom. The standard InChI is InChI=1S/C10H20N2OS/c1-8(14)10(13)12-5-3-4-9(7-12)6-11-2/h8-9,11,14H,3-7H2,1-2H3. The summed E-state index contributed by atoms with van der Waals surface area (Å²) in [7, 11) is 1.96. The molecule has 14 heavy (non-hydrogen) atoms. The van der Waals surface area contributed by atoms with Crippen LogP contribution in [-0.4, -0.2) is 42.7 Å². The van der Waals surface area contributed by atoms with Gasteiger partial charge in [-0.3, -0.25) is 4.79 Å². The Labute approximate surface area is 91.6 Å². The van der Waals surface area contributed by atoms with Crippen LogP contribution in [-0.2, 0) is 4.79 Å². The van der Waals surface area contributed by atoms with Crippen LogP contribution >= 0.6 is 12.6 Å². The second-order valence-corrected chi connectivity index (χ2v) is 4.80. The highest BCUT2D eigenvalue weighted by Gasteiger charge is 2.24. The van der Waals surface area contributed by atoms with Crippen LogP contribution in [0.5, 0.6) is 0 Å². The first-order valence-electron chi connectivity index (χ1n) is 5.26. The number of nitrogens with zero attached hydrogens (tertiary/aromatic N) is 1. The lowest BCUT2D eigenvalue weighted by molar-refractivity contribution is -0.132. The summed E-state index contributed by atoms with van der Waals surface area (Å²) in [6.45, 7) is 4.65. The van der Waals surface area contributed by atoms with Gasteiger partial charge in [0.05, 0.1) is 5.25 Å². The summed E-state index contributed by atoms with van der Waals surface area (Å²) in [4.78, 5) is 13.6. The van der Waals surface area contributed by atoms with Crippen LogP contribution < -0.4 is 5.32 Å². The van der Waals surface area contributed by atoms with Crippen LogP contribution in [0.3, 0.4) is 0 Å². The van der Waals surface area contributed by atoms with Gasteiger partial charge in [-0.25, -0.2) is 0 Å². The summed E-state index contributed by atoms with van der Waals surface area (Å²) in [6, 6.07) is 0. The minimum absolute atomic E-state index is 0.164. The molecule has 1 rings (SSSR count). The molecule has 0 saturated carbocycles. The third-order valence-electron chi connectivity index (χ3n) is 2.68. The molecule has 1 heterocycles. The molecule has 0 aromatic heterocycles. The fourth-order valence-electron chi connectivity index (χ4n) is 1.98. The van der Waals surface area contributed by atoms with Gasteiger partial charge >= 0.3 is 0 Å². The number of thiol groups is 1. The first-order chi connectivity index (χ1) is 6.65. The van der Waals surface area contributed by atoms with E-state index in [2.05, 4.69) is 17.9 Å². The Morgan fingerprint density at radius 1 is 1.71 bits per heavy atom. The minimum atomic E-state index is -0.164. The number of carbonyl (C=O) groups is 1. The molecule has 2 unspecified atom stereocenters. The second-order valence-electron chi connectivity index (χ2n) is 4.03. The second kappa shape index (κ2) is 5.61. The Kier molecular flexibility index (Phi) is 4.75. The summed E-state index contributed by atoms with van der Waals surface area (Å²) in [5.41, 5.74) is 0. The van der Waals surface area contributed by atoms with E-state index < -0.39 is 0 Å². The number of hydrogen-bond acceptors (Lipinski definition) is 3. The quantitative estimate of drug-likeness (QED) is 0.683. The zero-order valence-electron chi connectivity index (χ0n) is 8.99. The van der Waals surface area contributed by atoms with Gasteiger partial charge in [-0.1, -0.05) is 0 Å². The molecule has 0 bridgehead atoms. The van der Waals surface area contributed by atoms with Gasteiger partial charge in [0.25, 0.3) is 0 Å². The van der Waals surface area contributed by atoms with E-state index in [1.165, 1.54) is 6.42 Å². The van der Waals surface area contributed by atoms with Crippen molar-refractivity contribution in [2.45, 2.75) is 25.0 Å². The van der Waals surface area contributed by atoms with Crippen molar-refractivity contribution >= 4 is 18.5 Å². The largest absolute Gasteiger partial charge is 0.341 e. The number of nitrogens with one attached hydrogen (secondary N) is 1. The molecule has 3 nitrogen and oxygen atoms in total. The lowest BCUT2D eigenvalue weighted by atomic mass is 9.98. The average molecular weight is 216 g/mol. The van der Waals surface area contributed by atoms with Gasteiger partial charge in [-0.2, -0.15) is 12.6 Å². The Hall–Kier alpha value is -0.220. The highest BCUT2D eigenvalue weighted by molar-refractivity contribution is 7.81. The van der Waals surface area contributed by atoms with Crippen molar-refractivity contribution < 1.29 is 4.79 Å². The molecule has 1 N–H and O–H groups in total. The van der Waals surface area contributed by atoms with Crippen LogP contribution in [0.4, 0.5) is 0 Å². The number of carbonyl (C=O) groups excluding carboxylic acids is 1. The molecule has 0 aromatic carbocycles. The molecule has 82 valence electrons. The number of likely N-dealkylation sites (tertiary alicyclic amines) is 1. The first kappa shape index (κ1) is 11.9. The topological polar surface area (TPSA) is 32.3 Å². The molecule has 0 radical (unpaired) electrons. The maximum Gasteiger partial charge on any atom is 0.235 e. The monoisotopic (exact) mass is 216 g/mol. The van der Waals surface area contributed by atoms with Gasteiger partial charge in [0.1, 0.15) is 0 Å². The van der Waals surface area contributed by atoms with Crippen molar-refractivity contribution in [1.29, 1.82) is 0 Å². The Bertz CT molecular complexity index is 195. The van der Waals surface area contributed by atoms with E-state index in [1.54, 1.807) is 0 Å². The summed E-state index contributed by atoms with van der Waals surface area (Å²) in [5.74, 6) is 0.791. The zero-order valence-corrected chi connectivity index (χ0v) is 9.89. The predicted molar refractivity (Wildman–Crippen MR) is 61.7 cm³/mol. The maximum absolute atomic E-state index is 11.7. The van der Waals surface area contributed by atoms with Gasteiger partial charge in [-0.05, 0) is 39.3 Å². The van der Waals surface area contributed by atoms with Gasteiger partial charge in [-0.15, -0.1) is 0 Å². The lowest BCUT2D eigenvalue weighted by Gasteiger charge is -2.33. The van der Waals surface area contributed by atoms with Crippen molar-refractivity contribution in [2.24, 2.45) is 5.92 Å². The summed E-state index contributed by atoms with van der Waals surface area (Å²) in [5, 5.41) is 3.01. The molecular formula is C10H20N2OS. The van der Waals surface area contributed by atoms with Crippen LogP contribution in [0.2, 0.25) is 0 Å². The number of piperidine rings is 1. The number of hydrogen-bond donors (Lipinski definition) is 2. The fourth-order valence-corrected chi connectivity index (χ4v) is 2.15. The lowest BCUT2D eigenvalue weighted by Crippen LogP contribution is -2.44.